The number of amides is 1. The molecule has 54 heavy (non-hydrogen) atoms. The Morgan fingerprint density at radius 3 is 2.33 bits per heavy atom. The number of aliphatic hydroxyl groups is 2. The van der Waals surface area contributed by atoms with Gasteiger partial charge in [0.1, 0.15) is 5.52 Å². The topological polar surface area (TPSA) is 145 Å². The fraction of sp³-hybridized carbons (Fsp3) is 0.378. The number of rotatable bonds is 8. The highest BCUT2D eigenvalue weighted by Gasteiger charge is 2.36. The number of pyridine rings is 1. The molecule has 5 aromatic rings. The van der Waals surface area contributed by atoms with E-state index in [1.165, 1.54) is 0 Å². The summed E-state index contributed by atoms with van der Waals surface area (Å²) >= 11 is 13.8. The fourth-order valence-electron chi connectivity index (χ4n) is 7.55. The Morgan fingerprint density at radius 1 is 0.907 bits per heavy atom. The normalized spacial score (nSPS) is 20.8. The molecule has 8 rings (SSSR count). The third-order valence-corrected chi connectivity index (χ3v) is 11.0. The lowest BCUT2D eigenvalue weighted by Crippen LogP contribution is -2.32. The number of fused-ring (bicyclic) bond motifs is 2. The first-order valence-corrected chi connectivity index (χ1v) is 18.5. The number of likely N-dealkylation sites (tertiary alicyclic amines) is 2. The van der Waals surface area contributed by atoms with Gasteiger partial charge >= 0.3 is 6.18 Å². The van der Waals surface area contributed by atoms with Gasteiger partial charge in [-0.2, -0.15) is 18.3 Å². The molecule has 2 aromatic carbocycles. The number of anilines is 3. The van der Waals surface area contributed by atoms with Crippen molar-refractivity contribution in [3.63, 3.8) is 0 Å². The van der Waals surface area contributed by atoms with Crippen molar-refractivity contribution in [2.45, 2.75) is 63.2 Å². The molecule has 6 heterocycles. The number of alkyl halides is 3. The molecule has 282 valence electrons. The number of halogens is 5. The van der Waals surface area contributed by atoms with Gasteiger partial charge < -0.3 is 20.8 Å². The zero-order chi connectivity index (χ0) is 37.7. The summed E-state index contributed by atoms with van der Waals surface area (Å²) in [5.74, 6) is -1.97. The summed E-state index contributed by atoms with van der Waals surface area (Å²) in [5, 5.41) is 30.7. The van der Waals surface area contributed by atoms with Crippen LogP contribution in [0.2, 0.25) is 10.0 Å². The lowest BCUT2D eigenvalue weighted by atomic mass is 10.0. The molecule has 2 saturated heterocycles. The SMILES string of the molecule is O=C(Nc1cccc(-c2cccc(Nc3nc(C(F)(F)F)nc4cc(CN5CC[C@@H](O)C5)cnc34)c2Cl)c1Cl)c1cc2n(n1)CCC[C@H]2N1CC[C@@H](O)C1. The Hall–Kier alpha value is -4.38. The van der Waals surface area contributed by atoms with E-state index in [9.17, 15) is 28.2 Å². The minimum Gasteiger partial charge on any atom is -0.392 e. The number of hydrogen-bond acceptors (Lipinski definition) is 10. The van der Waals surface area contributed by atoms with Gasteiger partial charge in [0.25, 0.3) is 5.91 Å². The van der Waals surface area contributed by atoms with Crippen LogP contribution in [-0.2, 0) is 19.3 Å². The predicted octanol–water partition coefficient (Wildman–Crippen LogP) is 6.68. The number of aryl methyl sites for hydroxylation is 1. The van der Waals surface area contributed by atoms with Crippen LogP contribution >= 0.6 is 23.2 Å². The fourth-order valence-corrected chi connectivity index (χ4v) is 8.10. The number of aromatic nitrogens is 5. The smallest absolute Gasteiger partial charge is 0.392 e. The standard InChI is InChI=1S/C37H36Cl2F3N9O3/c38-31-23(24-5-2-7-26(32(24)39)45-35(54)28-15-30-29(8-3-11-51(30)48-28)50-13-10-22(53)19-50)4-1-6-25(31)44-34-33-27(46-36(47-34)37(40,41)42)14-20(16-43-33)17-49-12-9-21(52)18-49/h1-2,4-7,14-16,21-22,29,52-53H,3,8-13,17-19H2,(H,45,54)(H,44,46,47)/t21-,22-,29-/m1/s1. The van der Waals surface area contributed by atoms with Gasteiger partial charge in [0.05, 0.1) is 50.9 Å². The summed E-state index contributed by atoms with van der Waals surface area (Å²) in [4.78, 5) is 29.8. The second kappa shape index (κ2) is 14.7. The zero-order valence-electron chi connectivity index (χ0n) is 28.8. The third-order valence-electron chi connectivity index (χ3n) is 10.2. The highest BCUT2D eigenvalue weighted by atomic mass is 35.5. The molecule has 0 spiro atoms. The molecule has 12 nitrogen and oxygen atoms in total. The predicted molar refractivity (Wildman–Crippen MR) is 198 cm³/mol. The quantitative estimate of drug-likeness (QED) is 0.135. The van der Waals surface area contributed by atoms with Gasteiger partial charge in [0, 0.05) is 56.6 Å². The van der Waals surface area contributed by atoms with Crippen molar-refractivity contribution in [3.8, 4) is 11.1 Å². The van der Waals surface area contributed by atoms with Gasteiger partial charge in [-0.3, -0.25) is 24.3 Å². The molecule has 17 heteroatoms. The van der Waals surface area contributed by atoms with Crippen LogP contribution in [0.25, 0.3) is 22.2 Å². The van der Waals surface area contributed by atoms with E-state index < -0.39 is 24.0 Å². The van der Waals surface area contributed by atoms with Crippen molar-refractivity contribution in [2.24, 2.45) is 0 Å². The van der Waals surface area contributed by atoms with E-state index >= 15 is 0 Å². The van der Waals surface area contributed by atoms with Gasteiger partial charge in [-0.1, -0.05) is 47.5 Å². The number of aliphatic hydroxyl groups excluding tert-OH is 2. The Balaban J connectivity index is 1.05. The third kappa shape index (κ3) is 7.36. The van der Waals surface area contributed by atoms with Gasteiger partial charge in [0.2, 0.25) is 5.82 Å². The van der Waals surface area contributed by atoms with Crippen molar-refractivity contribution in [1.29, 1.82) is 0 Å². The molecular weight excluding hydrogens is 746 g/mol. The van der Waals surface area contributed by atoms with Crippen LogP contribution in [0.3, 0.4) is 0 Å². The number of carbonyl (C=O) groups is 1. The van der Waals surface area contributed by atoms with Gasteiger partial charge in [-0.15, -0.1) is 0 Å². The molecule has 0 saturated carbocycles. The van der Waals surface area contributed by atoms with E-state index in [1.807, 2.05) is 9.58 Å². The Labute approximate surface area is 317 Å². The lowest BCUT2D eigenvalue weighted by molar-refractivity contribution is -0.144. The Kier molecular flexibility index (Phi) is 9.96. The van der Waals surface area contributed by atoms with Crippen molar-refractivity contribution in [3.05, 3.63) is 87.5 Å². The molecule has 1 amide bonds. The monoisotopic (exact) mass is 781 g/mol. The summed E-state index contributed by atoms with van der Waals surface area (Å²) in [7, 11) is 0. The van der Waals surface area contributed by atoms with Crippen molar-refractivity contribution < 1.29 is 28.2 Å². The number of carbonyl (C=O) groups excluding carboxylic acids is 1. The average molecular weight is 783 g/mol. The summed E-state index contributed by atoms with van der Waals surface area (Å²) < 4.78 is 43.9. The van der Waals surface area contributed by atoms with Crippen molar-refractivity contribution in [1.82, 2.24) is 34.5 Å². The van der Waals surface area contributed by atoms with E-state index in [-0.39, 0.29) is 50.4 Å². The van der Waals surface area contributed by atoms with Crippen LogP contribution in [0.5, 0.6) is 0 Å². The highest BCUT2D eigenvalue weighted by Crippen LogP contribution is 2.42. The first-order valence-electron chi connectivity index (χ1n) is 17.7. The molecule has 0 bridgehead atoms. The summed E-state index contributed by atoms with van der Waals surface area (Å²) in [6, 6.07) is 13.5. The minimum absolute atomic E-state index is 0.000219. The zero-order valence-corrected chi connectivity index (χ0v) is 30.3. The maximum absolute atomic E-state index is 14.0. The highest BCUT2D eigenvalue weighted by molar-refractivity contribution is 6.39. The number of nitrogens with one attached hydrogen (secondary N) is 2. The minimum atomic E-state index is -4.83. The molecule has 0 unspecified atom stereocenters. The average Bonchev–Trinajstić information content (AvgIpc) is 3.89. The molecule has 2 fully saturated rings. The Morgan fingerprint density at radius 2 is 1.63 bits per heavy atom. The van der Waals surface area contributed by atoms with Gasteiger partial charge in [-0.25, -0.2) is 9.97 Å². The maximum atomic E-state index is 14.0. The molecule has 4 N–H and O–H groups in total. The van der Waals surface area contributed by atoms with Crippen LogP contribution in [0.1, 0.15) is 59.3 Å². The van der Waals surface area contributed by atoms with E-state index in [2.05, 4.69) is 35.6 Å². The van der Waals surface area contributed by atoms with Crippen molar-refractivity contribution >= 4 is 57.3 Å². The van der Waals surface area contributed by atoms with Gasteiger partial charge in [-0.05, 0) is 55.5 Å². The Bertz CT molecular complexity index is 2240. The first-order chi connectivity index (χ1) is 25.9. The molecule has 3 aliphatic heterocycles. The molecular formula is C37H36Cl2F3N9O3. The van der Waals surface area contributed by atoms with E-state index in [1.54, 1.807) is 54.7 Å². The van der Waals surface area contributed by atoms with Crippen LogP contribution in [0, 0.1) is 0 Å². The van der Waals surface area contributed by atoms with Crippen LogP contribution in [0.4, 0.5) is 30.4 Å². The number of hydrogen-bond donors (Lipinski definition) is 4. The van der Waals surface area contributed by atoms with Crippen molar-refractivity contribution in [2.75, 3.05) is 36.8 Å². The molecule has 0 aliphatic carbocycles. The molecule has 3 atom stereocenters. The summed E-state index contributed by atoms with van der Waals surface area (Å²) in [6.45, 7) is 3.60. The summed E-state index contributed by atoms with van der Waals surface area (Å²) in [5.41, 5.74) is 3.43. The van der Waals surface area contributed by atoms with Gasteiger partial charge in [0.15, 0.2) is 11.5 Å². The first kappa shape index (κ1) is 36.6. The molecule has 3 aromatic heterocycles. The number of benzene rings is 2. The van der Waals surface area contributed by atoms with E-state index in [0.717, 1.165) is 31.5 Å². The molecule has 0 radical (unpaired) electrons. The second-order valence-electron chi connectivity index (χ2n) is 14.0. The van der Waals surface area contributed by atoms with Crippen LogP contribution < -0.4 is 10.6 Å². The maximum Gasteiger partial charge on any atom is 0.451 e. The number of β-amino-alcohol motifs (C(OH)–C–C–N with tert-alkyl or cyclic N) is 2. The van der Waals surface area contributed by atoms with E-state index in [0.29, 0.717) is 61.5 Å². The van der Waals surface area contributed by atoms with Crippen LogP contribution in [-0.4, -0.2) is 89.0 Å². The molecule has 3 aliphatic rings. The summed E-state index contributed by atoms with van der Waals surface area (Å²) in [6.07, 6.45) is -0.898. The van der Waals surface area contributed by atoms with Crippen LogP contribution in [0.15, 0.2) is 54.7 Å². The number of nitrogens with zero attached hydrogens (tertiary/aromatic N) is 7. The van der Waals surface area contributed by atoms with E-state index in [4.69, 9.17) is 23.2 Å². The largest absolute Gasteiger partial charge is 0.451 e. The lowest BCUT2D eigenvalue weighted by Gasteiger charge is -2.31. The second-order valence-corrected chi connectivity index (χ2v) is 14.7.